The second kappa shape index (κ2) is 8.36. The zero-order valence-electron chi connectivity index (χ0n) is 13.7. The Labute approximate surface area is 159 Å². The molecular weight excluding hydrogens is 420 g/mol. The summed E-state index contributed by atoms with van der Waals surface area (Å²) < 4.78 is 15.0. The number of aryl methyl sites for hydroxylation is 1. The van der Waals surface area contributed by atoms with E-state index >= 15 is 0 Å². The van der Waals surface area contributed by atoms with E-state index in [0.29, 0.717) is 12.5 Å². The molecule has 1 aliphatic rings. The van der Waals surface area contributed by atoms with Crippen LogP contribution >= 0.6 is 24.0 Å². The Morgan fingerprint density at radius 3 is 2.38 bits per heavy atom. The Balaban J connectivity index is 0.00000208. The van der Waals surface area contributed by atoms with Gasteiger partial charge in [-0.3, -0.25) is 0 Å². The first-order valence-corrected chi connectivity index (χ1v) is 7.79. The minimum atomic E-state index is -0.204. The zero-order valence-corrected chi connectivity index (χ0v) is 16.1. The first kappa shape index (κ1) is 18.6. The fourth-order valence-electron chi connectivity index (χ4n) is 2.77. The number of nitrogens with two attached hydrogens (primary N) is 1. The van der Waals surface area contributed by atoms with Gasteiger partial charge in [-0.15, -0.1) is 24.0 Å². The van der Waals surface area contributed by atoms with E-state index < -0.39 is 0 Å². The summed E-state index contributed by atoms with van der Waals surface area (Å²) in [5, 5.41) is 0. The van der Waals surface area contributed by atoms with E-state index in [-0.39, 0.29) is 29.8 Å². The molecular formula is C17H23FIN5. The SMILES string of the molecule is Cn1cccc1CN=C(N)N1CCN(c2ccc(F)cc2)CC1.I. The standard InChI is InChI=1S/C17H22FN5.HI/c1-21-8-2-3-16(21)13-20-17(19)23-11-9-22(10-12-23)15-6-4-14(18)5-7-15;/h2-8H,9-13H2,1H3,(H2,19,20);1H. The van der Waals surface area contributed by atoms with Crippen LogP contribution in [-0.4, -0.2) is 41.6 Å². The van der Waals surface area contributed by atoms with Gasteiger partial charge in [-0.05, 0) is 36.4 Å². The van der Waals surface area contributed by atoms with Gasteiger partial charge in [-0.2, -0.15) is 0 Å². The lowest BCUT2D eigenvalue weighted by molar-refractivity contribution is 0.380. The molecule has 1 fully saturated rings. The van der Waals surface area contributed by atoms with Gasteiger partial charge in [-0.1, -0.05) is 0 Å². The fraction of sp³-hybridized carbons (Fsp3) is 0.353. The minimum Gasteiger partial charge on any atom is -0.370 e. The van der Waals surface area contributed by atoms with E-state index in [1.807, 2.05) is 42.1 Å². The van der Waals surface area contributed by atoms with Gasteiger partial charge in [-0.25, -0.2) is 9.38 Å². The van der Waals surface area contributed by atoms with Gasteiger partial charge >= 0.3 is 0 Å². The molecule has 1 saturated heterocycles. The summed E-state index contributed by atoms with van der Waals surface area (Å²) in [6, 6.07) is 10.7. The number of hydrogen-bond donors (Lipinski definition) is 1. The molecule has 1 aromatic carbocycles. The van der Waals surface area contributed by atoms with Crippen LogP contribution in [0.5, 0.6) is 0 Å². The van der Waals surface area contributed by atoms with Crippen molar-refractivity contribution in [3.63, 3.8) is 0 Å². The molecule has 3 rings (SSSR count). The van der Waals surface area contributed by atoms with E-state index in [2.05, 4.69) is 14.8 Å². The van der Waals surface area contributed by atoms with E-state index in [1.165, 1.54) is 12.1 Å². The molecule has 2 aromatic rings. The van der Waals surface area contributed by atoms with E-state index in [1.54, 1.807) is 0 Å². The molecule has 0 aliphatic carbocycles. The van der Waals surface area contributed by atoms with Gasteiger partial charge < -0.3 is 20.1 Å². The maximum atomic E-state index is 13.0. The van der Waals surface area contributed by atoms with Gasteiger partial charge in [0.2, 0.25) is 0 Å². The van der Waals surface area contributed by atoms with Crippen molar-refractivity contribution in [1.82, 2.24) is 9.47 Å². The van der Waals surface area contributed by atoms with Crippen LogP contribution in [0.2, 0.25) is 0 Å². The Hall–Kier alpha value is -1.77. The lowest BCUT2D eigenvalue weighted by Gasteiger charge is -2.36. The fourth-order valence-corrected chi connectivity index (χ4v) is 2.77. The molecule has 0 saturated carbocycles. The lowest BCUT2D eigenvalue weighted by Crippen LogP contribution is -2.51. The Kier molecular flexibility index (Phi) is 6.47. The van der Waals surface area contributed by atoms with Crippen molar-refractivity contribution in [2.75, 3.05) is 31.1 Å². The van der Waals surface area contributed by atoms with Crippen molar-refractivity contribution in [3.05, 3.63) is 54.1 Å². The average Bonchev–Trinajstić information content (AvgIpc) is 2.99. The summed E-state index contributed by atoms with van der Waals surface area (Å²) in [5.74, 6) is 0.384. The molecule has 0 amide bonds. The quantitative estimate of drug-likeness (QED) is 0.451. The van der Waals surface area contributed by atoms with Gasteiger partial charge in [0.05, 0.1) is 6.54 Å². The number of piperazine rings is 1. The van der Waals surface area contributed by atoms with Crippen molar-refractivity contribution < 1.29 is 4.39 Å². The Morgan fingerprint density at radius 2 is 1.79 bits per heavy atom. The molecule has 5 nitrogen and oxygen atoms in total. The second-order valence-electron chi connectivity index (χ2n) is 5.74. The predicted octanol–water partition coefficient (Wildman–Crippen LogP) is 2.42. The monoisotopic (exact) mass is 443 g/mol. The van der Waals surface area contributed by atoms with Crippen molar-refractivity contribution in [2.45, 2.75) is 6.54 Å². The minimum absolute atomic E-state index is 0. The Bertz CT molecular complexity index is 675. The van der Waals surface area contributed by atoms with Crippen LogP contribution in [0.1, 0.15) is 5.69 Å². The maximum absolute atomic E-state index is 13.0. The molecule has 1 aromatic heterocycles. The molecule has 24 heavy (non-hydrogen) atoms. The normalized spacial score (nSPS) is 15.3. The van der Waals surface area contributed by atoms with Crippen LogP contribution in [-0.2, 0) is 13.6 Å². The predicted molar refractivity (Wildman–Crippen MR) is 106 cm³/mol. The van der Waals surface area contributed by atoms with E-state index in [0.717, 1.165) is 37.6 Å². The summed E-state index contributed by atoms with van der Waals surface area (Å²) in [6.07, 6.45) is 2.00. The van der Waals surface area contributed by atoms with Crippen molar-refractivity contribution in [3.8, 4) is 0 Å². The summed E-state index contributed by atoms with van der Waals surface area (Å²) >= 11 is 0. The lowest BCUT2D eigenvalue weighted by atomic mass is 10.2. The van der Waals surface area contributed by atoms with E-state index in [4.69, 9.17) is 5.73 Å². The van der Waals surface area contributed by atoms with Crippen LogP contribution in [0.4, 0.5) is 10.1 Å². The molecule has 2 N–H and O–H groups in total. The third-order valence-electron chi connectivity index (χ3n) is 4.25. The molecule has 0 unspecified atom stereocenters. The average molecular weight is 443 g/mol. The highest BCUT2D eigenvalue weighted by Gasteiger charge is 2.18. The highest BCUT2D eigenvalue weighted by molar-refractivity contribution is 14.0. The number of hydrogen-bond acceptors (Lipinski definition) is 2. The molecule has 130 valence electrons. The van der Waals surface area contributed by atoms with Gasteiger partial charge in [0.25, 0.3) is 0 Å². The number of nitrogens with zero attached hydrogens (tertiary/aromatic N) is 4. The maximum Gasteiger partial charge on any atom is 0.191 e. The number of anilines is 1. The molecule has 0 radical (unpaired) electrons. The smallest absolute Gasteiger partial charge is 0.191 e. The molecule has 2 heterocycles. The summed E-state index contributed by atoms with van der Waals surface area (Å²) in [6.45, 7) is 3.94. The summed E-state index contributed by atoms with van der Waals surface area (Å²) in [7, 11) is 2.00. The van der Waals surface area contributed by atoms with Crippen LogP contribution in [0.3, 0.4) is 0 Å². The topological polar surface area (TPSA) is 49.8 Å². The second-order valence-corrected chi connectivity index (χ2v) is 5.74. The van der Waals surface area contributed by atoms with Crippen molar-refractivity contribution >= 4 is 35.6 Å². The van der Waals surface area contributed by atoms with E-state index in [9.17, 15) is 4.39 Å². The first-order chi connectivity index (χ1) is 11.1. The van der Waals surface area contributed by atoms with Gasteiger partial charge in [0.1, 0.15) is 5.82 Å². The number of benzene rings is 1. The molecule has 1 aliphatic heterocycles. The van der Waals surface area contributed by atoms with Gasteiger partial charge in [0.15, 0.2) is 5.96 Å². The molecule has 0 bridgehead atoms. The summed E-state index contributed by atoms with van der Waals surface area (Å²) in [4.78, 5) is 8.83. The first-order valence-electron chi connectivity index (χ1n) is 7.79. The molecule has 0 atom stereocenters. The highest BCUT2D eigenvalue weighted by Crippen LogP contribution is 2.16. The molecule has 7 heteroatoms. The molecule has 0 spiro atoms. The van der Waals surface area contributed by atoms with Crippen LogP contribution in [0, 0.1) is 5.82 Å². The highest BCUT2D eigenvalue weighted by atomic mass is 127. The van der Waals surface area contributed by atoms with Crippen LogP contribution in [0.15, 0.2) is 47.6 Å². The zero-order chi connectivity index (χ0) is 16.2. The number of aromatic nitrogens is 1. The van der Waals surface area contributed by atoms with Gasteiger partial charge in [0, 0.05) is 50.8 Å². The van der Waals surface area contributed by atoms with Crippen molar-refractivity contribution in [1.29, 1.82) is 0 Å². The van der Waals surface area contributed by atoms with Crippen molar-refractivity contribution in [2.24, 2.45) is 17.8 Å². The third-order valence-corrected chi connectivity index (χ3v) is 4.25. The summed E-state index contributed by atoms with van der Waals surface area (Å²) in [5.41, 5.74) is 8.30. The number of guanidine groups is 1. The Morgan fingerprint density at radius 1 is 1.12 bits per heavy atom. The number of aliphatic imine (C=N–C) groups is 1. The van der Waals surface area contributed by atoms with Crippen LogP contribution < -0.4 is 10.6 Å². The van der Waals surface area contributed by atoms with Crippen LogP contribution in [0.25, 0.3) is 0 Å². The number of halogens is 2. The number of rotatable bonds is 3. The third kappa shape index (κ3) is 4.40. The largest absolute Gasteiger partial charge is 0.370 e.